The number of hydrogen-bond donors (Lipinski definition) is 1. The van der Waals surface area contributed by atoms with Gasteiger partial charge in [0.25, 0.3) is 5.91 Å². The van der Waals surface area contributed by atoms with Crippen molar-refractivity contribution in [1.82, 2.24) is 9.80 Å². The Morgan fingerprint density at radius 3 is 2.34 bits per heavy atom. The second kappa shape index (κ2) is 10.4. The molecule has 35 heavy (non-hydrogen) atoms. The summed E-state index contributed by atoms with van der Waals surface area (Å²) in [5.74, 6) is -0.960. The van der Waals surface area contributed by atoms with Crippen molar-refractivity contribution >= 4 is 23.7 Å². The van der Waals surface area contributed by atoms with Gasteiger partial charge in [-0.05, 0) is 56.5 Å². The Balaban J connectivity index is 1.44. The summed E-state index contributed by atoms with van der Waals surface area (Å²) >= 11 is 0. The van der Waals surface area contributed by atoms with Crippen LogP contribution in [-0.2, 0) is 4.74 Å². The minimum Gasteiger partial charge on any atom is -0.478 e. The normalized spacial score (nSPS) is 18.2. The summed E-state index contributed by atoms with van der Waals surface area (Å²) < 4.78 is 5.30. The highest BCUT2D eigenvalue weighted by Crippen LogP contribution is 2.31. The van der Waals surface area contributed by atoms with Crippen molar-refractivity contribution in [2.24, 2.45) is 0 Å². The third kappa shape index (κ3) is 5.42. The summed E-state index contributed by atoms with van der Waals surface area (Å²) in [5.41, 5.74) is 3.63. The molecule has 0 spiro atoms. The van der Waals surface area contributed by atoms with E-state index in [2.05, 4.69) is 4.90 Å². The lowest BCUT2D eigenvalue weighted by atomic mass is 9.93. The second-order valence-electron chi connectivity index (χ2n) is 9.54. The van der Waals surface area contributed by atoms with Gasteiger partial charge in [0.15, 0.2) is 0 Å². The number of rotatable bonds is 5. The van der Waals surface area contributed by atoms with E-state index in [0.717, 1.165) is 23.2 Å². The molecule has 0 aliphatic carbocycles. The molecule has 2 saturated heterocycles. The van der Waals surface area contributed by atoms with Gasteiger partial charge in [-0.15, -0.1) is 0 Å². The number of benzene rings is 2. The first-order chi connectivity index (χ1) is 16.7. The summed E-state index contributed by atoms with van der Waals surface area (Å²) in [6.45, 7) is 9.19. The standard InChI is InChI=1S/C27H33N3O5/c1-18(2)35-27(34)29-14-12-28(13-15-29)21-9-8-19(3)24(16-21)25(31)30-11-10-20(17-30)22-6-4-5-7-23(22)26(32)33/h4-9,16,18,20H,10-15,17H2,1-3H3,(H,32,33). The number of aryl methyl sites for hydroxylation is 1. The highest BCUT2D eigenvalue weighted by atomic mass is 16.6. The van der Waals surface area contributed by atoms with Crippen molar-refractivity contribution in [3.05, 3.63) is 64.7 Å². The van der Waals surface area contributed by atoms with Gasteiger partial charge in [-0.25, -0.2) is 9.59 Å². The lowest BCUT2D eigenvalue weighted by molar-refractivity contribution is 0.0693. The first-order valence-corrected chi connectivity index (χ1v) is 12.2. The number of ether oxygens (including phenoxy) is 1. The molecule has 0 saturated carbocycles. The van der Waals surface area contributed by atoms with Crippen molar-refractivity contribution < 1.29 is 24.2 Å². The average Bonchev–Trinajstić information content (AvgIpc) is 3.34. The molecule has 2 aliphatic heterocycles. The lowest BCUT2D eigenvalue weighted by Gasteiger charge is -2.36. The Morgan fingerprint density at radius 2 is 1.66 bits per heavy atom. The van der Waals surface area contributed by atoms with Crippen LogP contribution in [0.25, 0.3) is 0 Å². The van der Waals surface area contributed by atoms with Gasteiger partial charge in [-0.2, -0.15) is 0 Å². The van der Waals surface area contributed by atoms with Crippen LogP contribution >= 0.6 is 0 Å². The fourth-order valence-corrected chi connectivity index (χ4v) is 4.88. The average molecular weight is 480 g/mol. The number of carboxylic acids is 1. The van der Waals surface area contributed by atoms with Crippen molar-refractivity contribution in [3.63, 3.8) is 0 Å². The zero-order chi connectivity index (χ0) is 25.1. The van der Waals surface area contributed by atoms with E-state index in [-0.39, 0.29) is 24.0 Å². The van der Waals surface area contributed by atoms with Gasteiger partial charge in [0.05, 0.1) is 11.7 Å². The SMILES string of the molecule is Cc1ccc(N2CCN(C(=O)OC(C)C)CC2)cc1C(=O)N1CCC(c2ccccc2C(=O)O)C1. The zero-order valence-corrected chi connectivity index (χ0v) is 20.6. The topological polar surface area (TPSA) is 90.4 Å². The Hall–Kier alpha value is -3.55. The molecule has 2 fully saturated rings. The highest BCUT2D eigenvalue weighted by Gasteiger charge is 2.31. The molecule has 8 heteroatoms. The molecule has 0 aromatic heterocycles. The molecule has 0 bridgehead atoms. The van der Waals surface area contributed by atoms with E-state index in [1.54, 1.807) is 17.0 Å². The largest absolute Gasteiger partial charge is 0.478 e. The number of nitrogens with zero attached hydrogens (tertiary/aromatic N) is 3. The quantitative estimate of drug-likeness (QED) is 0.698. The van der Waals surface area contributed by atoms with E-state index in [0.29, 0.717) is 50.4 Å². The minimum absolute atomic E-state index is 0.00779. The maximum Gasteiger partial charge on any atom is 0.410 e. The lowest BCUT2D eigenvalue weighted by Crippen LogP contribution is -2.49. The van der Waals surface area contributed by atoms with E-state index in [9.17, 15) is 19.5 Å². The van der Waals surface area contributed by atoms with E-state index in [1.165, 1.54) is 0 Å². The fourth-order valence-electron chi connectivity index (χ4n) is 4.88. The van der Waals surface area contributed by atoms with Gasteiger partial charge in [0.1, 0.15) is 0 Å². The van der Waals surface area contributed by atoms with E-state index < -0.39 is 5.97 Å². The van der Waals surface area contributed by atoms with Crippen LogP contribution in [0.3, 0.4) is 0 Å². The van der Waals surface area contributed by atoms with Crippen LogP contribution in [0.2, 0.25) is 0 Å². The first kappa shape index (κ1) is 24.6. The smallest absolute Gasteiger partial charge is 0.410 e. The van der Waals surface area contributed by atoms with Gasteiger partial charge >= 0.3 is 12.1 Å². The van der Waals surface area contributed by atoms with Gasteiger partial charge in [-0.1, -0.05) is 24.3 Å². The zero-order valence-electron chi connectivity index (χ0n) is 20.6. The Morgan fingerprint density at radius 1 is 0.943 bits per heavy atom. The molecule has 2 heterocycles. The summed E-state index contributed by atoms with van der Waals surface area (Å²) in [6.07, 6.45) is 0.310. The Labute approximate surface area is 206 Å². The van der Waals surface area contributed by atoms with Gasteiger partial charge in [-0.3, -0.25) is 4.79 Å². The number of piperazine rings is 1. The van der Waals surface area contributed by atoms with E-state index >= 15 is 0 Å². The Kier molecular flexibility index (Phi) is 7.28. The maximum absolute atomic E-state index is 13.5. The number of amides is 2. The number of aromatic carboxylic acids is 1. The number of hydrogen-bond acceptors (Lipinski definition) is 5. The molecule has 1 atom stereocenters. The van der Waals surface area contributed by atoms with Crippen LogP contribution < -0.4 is 4.90 Å². The fraction of sp³-hybridized carbons (Fsp3) is 0.444. The van der Waals surface area contributed by atoms with Gasteiger partial charge < -0.3 is 24.5 Å². The summed E-state index contributed by atoms with van der Waals surface area (Å²) in [4.78, 5) is 43.0. The minimum atomic E-state index is -0.938. The summed E-state index contributed by atoms with van der Waals surface area (Å²) in [5, 5.41) is 9.54. The molecule has 186 valence electrons. The first-order valence-electron chi connectivity index (χ1n) is 12.2. The van der Waals surface area contributed by atoms with Crippen LogP contribution in [0.1, 0.15) is 58.0 Å². The van der Waals surface area contributed by atoms with Gasteiger partial charge in [0.2, 0.25) is 0 Å². The molecular formula is C27H33N3O5. The number of likely N-dealkylation sites (tertiary alicyclic amines) is 1. The van der Waals surface area contributed by atoms with Crippen molar-refractivity contribution in [2.75, 3.05) is 44.2 Å². The molecule has 4 rings (SSSR count). The summed E-state index contributed by atoms with van der Waals surface area (Å²) in [6, 6.07) is 13.0. The number of carbonyl (C=O) groups excluding carboxylic acids is 2. The van der Waals surface area contributed by atoms with Crippen LogP contribution in [0.15, 0.2) is 42.5 Å². The number of anilines is 1. The van der Waals surface area contributed by atoms with Crippen LogP contribution in [0.5, 0.6) is 0 Å². The Bertz CT molecular complexity index is 1110. The maximum atomic E-state index is 13.5. The van der Waals surface area contributed by atoms with Crippen LogP contribution in [-0.4, -0.2) is 78.2 Å². The van der Waals surface area contributed by atoms with Gasteiger partial charge in [0, 0.05) is 56.4 Å². The molecule has 2 amide bonds. The monoisotopic (exact) mass is 479 g/mol. The number of carbonyl (C=O) groups is 3. The molecule has 8 nitrogen and oxygen atoms in total. The van der Waals surface area contributed by atoms with E-state index in [1.807, 2.05) is 56.0 Å². The predicted octanol–water partition coefficient (Wildman–Crippen LogP) is 3.99. The third-order valence-corrected chi connectivity index (χ3v) is 6.80. The second-order valence-corrected chi connectivity index (χ2v) is 9.54. The number of carboxylic acid groups (broad SMARTS) is 1. The molecule has 0 radical (unpaired) electrons. The van der Waals surface area contributed by atoms with E-state index in [4.69, 9.17) is 4.74 Å². The molecule has 2 aromatic carbocycles. The molecule has 2 aliphatic rings. The molecule has 1 N–H and O–H groups in total. The highest BCUT2D eigenvalue weighted by molar-refractivity contribution is 5.97. The molecular weight excluding hydrogens is 446 g/mol. The van der Waals surface area contributed by atoms with Crippen LogP contribution in [0, 0.1) is 6.92 Å². The van der Waals surface area contributed by atoms with Crippen molar-refractivity contribution in [1.29, 1.82) is 0 Å². The summed E-state index contributed by atoms with van der Waals surface area (Å²) in [7, 11) is 0. The molecule has 2 aromatic rings. The van der Waals surface area contributed by atoms with Crippen LogP contribution in [0.4, 0.5) is 10.5 Å². The van der Waals surface area contributed by atoms with Crippen molar-refractivity contribution in [2.45, 2.75) is 39.2 Å². The van der Waals surface area contributed by atoms with Crippen molar-refractivity contribution in [3.8, 4) is 0 Å². The predicted molar refractivity (Wildman–Crippen MR) is 133 cm³/mol. The third-order valence-electron chi connectivity index (χ3n) is 6.80. The molecule has 1 unspecified atom stereocenters.